The number of carbonyl (C=O) groups excluding carboxylic acids is 1. The highest BCUT2D eigenvalue weighted by atomic mass is 16.3. The van der Waals surface area contributed by atoms with Gasteiger partial charge in [0.2, 0.25) is 5.91 Å². The van der Waals surface area contributed by atoms with E-state index in [1.165, 1.54) is 0 Å². The van der Waals surface area contributed by atoms with Crippen LogP contribution < -0.4 is 5.32 Å². The molecule has 0 bridgehead atoms. The van der Waals surface area contributed by atoms with Crippen molar-refractivity contribution in [3.63, 3.8) is 0 Å². The van der Waals surface area contributed by atoms with Gasteiger partial charge in [-0.05, 0) is 30.0 Å². The first kappa shape index (κ1) is 8.00. The van der Waals surface area contributed by atoms with Gasteiger partial charge in [-0.25, -0.2) is 0 Å². The minimum atomic E-state index is -0.641. The van der Waals surface area contributed by atoms with Crippen LogP contribution >= 0.6 is 0 Å². The fourth-order valence-electron chi connectivity index (χ4n) is 2.07. The molecule has 1 aromatic rings. The van der Waals surface area contributed by atoms with Gasteiger partial charge < -0.3 is 10.4 Å². The van der Waals surface area contributed by atoms with E-state index in [1.54, 1.807) is 0 Å². The van der Waals surface area contributed by atoms with E-state index < -0.39 is 5.60 Å². The first-order valence-corrected chi connectivity index (χ1v) is 4.84. The summed E-state index contributed by atoms with van der Waals surface area (Å²) in [4.78, 5) is 11.2. The molecule has 1 aliphatic heterocycles. The summed E-state index contributed by atoms with van der Waals surface area (Å²) in [5.74, 6) is 0.0247. The number of fused-ring (bicyclic) bond motifs is 1. The summed E-state index contributed by atoms with van der Waals surface area (Å²) in [5.41, 5.74) is 2.15. The van der Waals surface area contributed by atoms with Gasteiger partial charge >= 0.3 is 0 Å². The zero-order valence-electron chi connectivity index (χ0n) is 7.71. The van der Waals surface area contributed by atoms with Crippen LogP contribution in [-0.2, 0) is 16.8 Å². The summed E-state index contributed by atoms with van der Waals surface area (Å²) < 4.78 is 0. The van der Waals surface area contributed by atoms with Crippen molar-refractivity contribution in [1.82, 2.24) is 0 Å². The summed E-state index contributed by atoms with van der Waals surface area (Å²) in [6.45, 7) is 0. The Labute approximate surface area is 81.8 Å². The van der Waals surface area contributed by atoms with Gasteiger partial charge in [-0.15, -0.1) is 0 Å². The summed E-state index contributed by atoms with van der Waals surface area (Å²) in [5, 5.41) is 12.8. The zero-order valence-corrected chi connectivity index (χ0v) is 7.71. The molecule has 2 N–H and O–H groups in total. The van der Waals surface area contributed by atoms with E-state index in [-0.39, 0.29) is 5.91 Å². The molecule has 1 amide bonds. The fourth-order valence-corrected chi connectivity index (χ4v) is 2.07. The number of carbonyl (C=O) groups is 1. The van der Waals surface area contributed by atoms with Crippen LogP contribution in [0.5, 0.6) is 0 Å². The SMILES string of the molecule is O=C1Cc2c(cccc2C2(O)CC2)N1. The highest BCUT2D eigenvalue weighted by Crippen LogP contribution is 2.48. The summed E-state index contributed by atoms with van der Waals surface area (Å²) in [7, 11) is 0. The Morgan fingerprint density at radius 1 is 1.36 bits per heavy atom. The van der Waals surface area contributed by atoms with Crippen molar-refractivity contribution in [2.24, 2.45) is 0 Å². The predicted molar refractivity (Wildman–Crippen MR) is 51.9 cm³/mol. The Balaban J connectivity index is 2.15. The third-order valence-electron chi connectivity index (χ3n) is 3.01. The number of aliphatic hydroxyl groups is 1. The van der Waals surface area contributed by atoms with E-state index in [4.69, 9.17) is 0 Å². The molecular weight excluding hydrogens is 178 g/mol. The highest BCUT2D eigenvalue weighted by molar-refractivity contribution is 5.99. The standard InChI is InChI=1S/C11H11NO2/c13-10-6-7-8(11(14)4-5-11)2-1-3-9(7)12-10/h1-3,14H,4-6H2,(H,12,13). The van der Waals surface area contributed by atoms with Crippen molar-refractivity contribution < 1.29 is 9.90 Å². The number of benzene rings is 1. The number of nitrogens with one attached hydrogen (secondary N) is 1. The molecule has 3 heteroatoms. The van der Waals surface area contributed by atoms with Crippen LogP contribution in [0.3, 0.4) is 0 Å². The van der Waals surface area contributed by atoms with Gasteiger partial charge in [0.15, 0.2) is 0 Å². The minimum absolute atomic E-state index is 0.0247. The van der Waals surface area contributed by atoms with Crippen molar-refractivity contribution in [2.45, 2.75) is 24.9 Å². The summed E-state index contributed by atoms with van der Waals surface area (Å²) >= 11 is 0. The third-order valence-corrected chi connectivity index (χ3v) is 3.01. The van der Waals surface area contributed by atoms with E-state index >= 15 is 0 Å². The number of hydrogen-bond donors (Lipinski definition) is 2. The van der Waals surface area contributed by atoms with Crippen molar-refractivity contribution in [3.05, 3.63) is 29.3 Å². The maximum Gasteiger partial charge on any atom is 0.228 e. The van der Waals surface area contributed by atoms with Gasteiger partial charge in [0.25, 0.3) is 0 Å². The Hall–Kier alpha value is -1.35. The lowest BCUT2D eigenvalue weighted by molar-refractivity contribution is -0.115. The number of anilines is 1. The first-order valence-electron chi connectivity index (χ1n) is 4.84. The van der Waals surface area contributed by atoms with Gasteiger partial charge in [0.05, 0.1) is 12.0 Å². The molecule has 0 radical (unpaired) electrons. The second-order valence-electron chi connectivity index (χ2n) is 4.09. The van der Waals surface area contributed by atoms with Crippen molar-refractivity contribution in [2.75, 3.05) is 5.32 Å². The van der Waals surface area contributed by atoms with Crippen LogP contribution in [0.15, 0.2) is 18.2 Å². The lowest BCUT2D eigenvalue weighted by atomic mass is 9.99. The second kappa shape index (κ2) is 2.36. The molecule has 1 fully saturated rings. The number of amides is 1. The second-order valence-corrected chi connectivity index (χ2v) is 4.09. The van der Waals surface area contributed by atoms with E-state index in [9.17, 15) is 9.90 Å². The van der Waals surface area contributed by atoms with Crippen LogP contribution in [-0.4, -0.2) is 11.0 Å². The molecule has 2 aliphatic rings. The molecule has 14 heavy (non-hydrogen) atoms. The van der Waals surface area contributed by atoms with E-state index in [2.05, 4.69) is 5.32 Å². The molecule has 3 nitrogen and oxygen atoms in total. The van der Waals surface area contributed by atoms with Crippen LogP contribution in [0.2, 0.25) is 0 Å². The molecule has 0 atom stereocenters. The molecule has 0 unspecified atom stereocenters. The fraction of sp³-hybridized carbons (Fsp3) is 0.364. The third kappa shape index (κ3) is 0.990. The normalized spacial score (nSPS) is 21.6. The van der Waals surface area contributed by atoms with E-state index in [0.29, 0.717) is 6.42 Å². The van der Waals surface area contributed by atoms with Crippen LogP contribution in [0.25, 0.3) is 0 Å². The Kier molecular flexibility index (Phi) is 1.35. The Morgan fingerprint density at radius 2 is 2.14 bits per heavy atom. The molecule has 0 spiro atoms. The summed E-state index contributed by atoms with van der Waals surface area (Å²) in [6.07, 6.45) is 2.04. The van der Waals surface area contributed by atoms with Crippen molar-refractivity contribution in [1.29, 1.82) is 0 Å². The largest absolute Gasteiger partial charge is 0.385 e. The van der Waals surface area contributed by atoms with Gasteiger partial charge in [-0.1, -0.05) is 12.1 Å². The molecule has 3 rings (SSSR count). The number of rotatable bonds is 1. The topological polar surface area (TPSA) is 49.3 Å². The molecule has 1 aliphatic carbocycles. The molecular formula is C11H11NO2. The van der Waals surface area contributed by atoms with Gasteiger partial charge in [-0.3, -0.25) is 4.79 Å². The molecule has 1 saturated carbocycles. The van der Waals surface area contributed by atoms with Crippen molar-refractivity contribution in [3.8, 4) is 0 Å². The van der Waals surface area contributed by atoms with Crippen LogP contribution in [0.1, 0.15) is 24.0 Å². The lowest BCUT2D eigenvalue weighted by Gasteiger charge is -2.11. The highest BCUT2D eigenvalue weighted by Gasteiger charge is 2.44. The predicted octanol–water partition coefficient (Wildman–Crippen LogP) is 1.16. The smallest absolute Gasteiger partial charge is 0.228 e. The molecule has 1 aromatic carbocycles. The van der Waals surface area contributed by atoms with Crippen molar-refractivity contribution >= 4 is 11.6 Å². The van der Waals surface area contributed by atoms with Gasteiger partial charge in [0.1, 0.15) is 0 Å². The minimum Gasteiger partial charge on any atom is -0.385 e. The van der Waals surface area contributed by atoms with Gasteiger partial charge in [0, 0.05) is 5.69 Å². The monoisotopic (exact) mass is 189 g/mol. The maximum absolute atomic E-state index is 11.2. The molecule has 0 aromatic heterocycles. The molecule has 1 heterocycles. The van der Waals surface area contributed by atoms with E-state index in [1.807, 2.05) is 18.2 Å². The zero-order chi connectivity index (χ0) is 9.76. The average Bonchev–Trinajstić information content (AvgIpc) is 2.78. The first-order chi connectivity index (χ1) is 6.69. The van der Waals surface area contributed by atoms with Crippen LogP contribution in [0, 0.1) is 0 Å². The lowest BCUT2D eigenvalue weighted by Crippen LogP contribution is -2.08. The van der Waals surface area contributed by atoms with Gasteiger partial charge in [-0.2, -0.15) is 0 Å². The average molecular weight is 189 g/mol. The van der Waals surface area contributed by atoms with Crippen LogP contribution in [0.4, 0.5) is 5.69 Å². The number of hydrogen-bond acceptors (Lipinski definition) is 2. The van der Waals surface area contributed by atoms with E-state index in [0.717, 1.165) is 29.7 Å². The Morgan fingerprint density at radius 3 is 2.86 bits per heavy atom. The Bertz CT molecular complexity index is 421. The summed E-state index contributed by atoms with van der Waals surface area (Å²) in [6, 6.07) is 5.69. The molecule has 72 valence electrons. The quantitative estimate of drug-likeness (QED) is 0.696. The molecule has 0 saturated heterocycles. The maximum atomic E-state index is 11.2.